The summed E-state index contributed by atoms with van der Waals surface area (Å²) < 4.78 is 47.8. The summed E-state index contributed by atoms with van der Waals surface area (Å²) in [7, 11) is 0. The third-order valence-corrected chi connectivity index (χ3v) is 13.5. The SMILES string of the molecule is c1ccc(COC[C@H]2S[C@H](O[C@H]3S[C@H](COCc4ccccc4)[C@@H](OCc4ccccc4)[C@@H]3OCc3ccccc3)[C@@H](OCc3ccccc3)[C@@H]2OCc2ccccc2)cc1. The zero-order valence-corrected chi connectivity index (χ0v) is 35.9. The zero-order valence-electron chi connectivity index (χ0n) is 34.3. The molecule has 0 unspecified atom stereocenters. The molecule has 2 saturated heterocycles. The van der Waals surface area contributed by atoms with Crippen LogP contribution in [0.3, 0.4) is 0 Å². The molecule has 316 valence electrons. The van der Waals surface area contributed by atoms with Gasteiger partial charge in [-0.05, 0) is 33.4 Å². The van der Waals surface area contributed by atoms with E-state index in [4.69, 9.17) is 33.2 Å². The fourth-order valence-corrected chi connectivity index (χ4v) is 10.6. The fraction of sp³-hybridized carbons (Fsp3) is 0.308. The summed E-state index contributed by atoms with van der Waals surface area (Å²) in [5.74, 6) is 0. The van der Waals surface area contributed by atoms with Crippen molar-refractivity contribution in [3.05, 3.63) is 215 Å². The molecule has 6 aromatic rings. The first-order valence-corrected chi connectivity index (χ1v) is 23.0. The summed E-state index contributed by atoms with van der Waals surface area (Å²) in [6, 6.07) is 61.7. The van der Waals surface area contributed by atoms with Crippen LogP contribution in [0.15, 0.2) is 182 Å². The number of hydrogen-bond acceptors (Lipinski definition) is 9. The second-order valence-electron chi connectivity index (χ2n) is 15.3. The molecule has 0 spiro atoms. The standard InChI is InChI=1S/C52H54O7S2/c1-7-19-39(20-8-1)31-53-37-45-47(55-33-41-23-11-3-12-24-41)49(57-35-43-27-15-5-16-28-43)51(60-45)59-52-50(58-36-44-29-17-6-18-30-44)48(56-34-42-25-13-4-14-26-42)46(61-52)38-54-32-40-21-9-2-10-22-40/h1-30,45-52H,31-38H2/t45-,46-,47-,48-,49+,50+,51+,52+/m1/s1. The Morgan fingerprint density at radius 3 is 0.820 bits per heavy atom. The molecule has 8 atom stereocenters. The Balaban J connectivity index is 1.07. The molecule has 0 radical (unpaired) electrons. The number of hydrogen-bond donors (Lipinski definition) is 0. The van der Waals surface area contributed by atoms with Crippen molar-refractivity contribution in [2.24, 2.45) is 0 Å². The number of rotatable bonds is 22. The Kier molecular flexibility index (Phi) is 16.5. The largest absolute Gasteiger partial charge is 0.376 e. The van der Waals surface area contributed by atoms with Crippen LogP contribution >= 0.6 is 23.5 Å². The van der Waals surface area contributed by atoms with Gasteiger partial charge in [-0.3, -0.25) is 0 Å². The summed E-state index contributed by atoms with van der Waals surface area (Å²) in [5.41, 5.74) is 5.82. The lowest BCUT2D eigenvalue weighted by Crippen LogP contribution is -2.43. The average Bonchev–Trinajstić information content (AvgIpc) is 3.82. The van der Waals surface area contributed by atoms with E-state index in [1.54, 1.807) is 23.5 Å². The molecule has 0 aliphatic carbocycles. The van der Waals surface area contributed by atoms with Crippen LogP contribution in [0.5, 0.6) is 0 Å². The minimum absolute atomic E-state index is 0.0663. The molecule has 8 rings (SSSR count). The molecule has 0 saturated carbocycles. The highest BCUT2D eigenvalue weighted by atomic mass is 32.2. The Morgan fingerprint density at radius 1 is 0.295 bits per heavy atom. The Morgan fingerprint density at radius 2 is 0.541 bits per heavy atom. The van der Waals surface area contributed by atoms with Gasteiger partial charge >= 0.3 is 0 Å². The van der Waals surface area contributed by atoms with Gasteiger partial charge in [0, 0.05) is 0 Å². The molecule has 61 heavy (non-hydrogen) atoms. The van der Waals surface area contributed by atoms with Gasteiger partial charge in [0.2, 0.25) is 0 Å². The van der Waals surface area contributed by atoms with E-state index in [2.05, 4.69) is 72.8 Å². The summed E-state index contributed by atoms with van der Waals surface area (Å²) in [4.78, 5) is 0. The minimum atomic E-state index is -0.410. The van der Waals surface area contributed by atoms with Gasteiger partial charge in [0.1, 0.15) is 35.3 Å². The fourth-order valence-electron chi connectivity index (χ4n) is 7.56. The molecule has 7 nitrogen and oxygen atoms in total. The second-order valence-corrected chi connectivity index (χ2v) is 18.0. The van der Waals surface area contributed by atoms with Crippen LogP contribution in [-0.4, -0.2) is 59.0 Å². The minimum Gasteiger partial charge on any atom is -0.376 e. The van der Waals surface area contributed by atoms with Crippen LogP contribution in [0.2, 0.25) is 0 Å². The normalized spacial score (nSPS) is 23.6. The van der Waals surface area contributed by atoms with Gasteiger partial charge in [0.05, 0.1) is 63.4 Å². The Hall–Kier alpha value is -4.26. The van der Waals surface area contributed by atoms with Gasteiger partial charge in [-0.2, -0.15) is 0 Å². The van der Waals surface area contributed by atoms with E-state index in [0.717, 1.165) is 33.4 Å². The third kappa shape index (κ3) is 12.9. The topological polar surface area (TPSA) is 64.6 Å². The molecule has 0 amide bonds. The lowest BCUT2D eigenvalue weighted by atomic mass is 10.1. The molecule has 2 aliphatic heterocycles. The van der Waals surface area contributed by atoms with Crippen molar-refractivity contribution in [1.29, 1.82) is 0 Å². The molecule has 0 aromatic heterocycles. The van der Waals surface area contributed by atoms with E-state index >= 15 is 0 Å². The van der Waals surface area contributed by atoms with Crippen molar-refractivity contribution < 1.29 is 33.2 Å². The monoisotopic (exact) mass is 854 g/mol. The molecule has 2 heterocycles. The van der Waals surface area contributed by atoms with Gasteiger partial charge in [0.25, 0.3) is 0 Å². The molecular formula is C52H54O7S2. The first kappa shape index (κ1) is 43.4. The van der Waals surface area contributed by atoms with Crippen LogP contribution in [0.4, 0.5) is 0 Å². The van der Waals surface area contributed by atoms with Gasteiger partial charge in [0.15, 0.2) is 0 Å². The predicted molar refractivity (Wildman–Crippen MR) is 244 cm³/mol. The lowest BCUT2D eigenvalue weighted by molar-refractivity contribution is -0.151. The van der Waals surface area contributed by atoms with E-state index in [9.17, 15) is 0 Å². The maximum absolute atomic E-state index is 7.33. The third-order valence-electron chi connectivity index (χ3n) is 10.7. The molecule has 0 N–H and O–H groups in total. The summed E-state index contributed by atoms with van der Waals surface area (Å²) in [5, 5.41) is -0.133. The highest BCUT2D eigenvalue weighted by Gasteiger charge is 2.52. The van der Waals surface area contributed by atoms with Gasteiger partial charge in [-0.25, -0.2) is 0 Å². The molecule has 2 aliphatic rings. The Bertz CT molecular complexity index is 1950. The smallest absolute Gasteiger partial charge is 0.134 e. The average molecular weight is 855 g/mol. The molecule has 0 bridgehead atoms. The maximum Gasteiger partial charge on any atom is 0.134 e. The lowest BCUT2D eigenvalue weighted by Gasteiger charge is -2.30. The van der Waals surface area contributed by atoms with Gasteiger partial charge in [-0.1, -0.05) is 182 Å². The van der Waals surface area contributed by atoms with Crippen LogP contribution in [-0.2, 0) is 72.8 Å². The highest BCUT2D eigenvalue weighted by Crippen LogP contribution is 2.46. The molecule has 9 heteroatoms. The maximum atomic E-state index is 7.33. The van der Waals surface area contributed by atoms with E-state index < -0.39 is 23.1 Å². The molecule has 2 fully saturated rings. The number of ether oxygens (including phenoxy) is 7. The quantitative estimate of drug-likeness (QED) is 0.0664. The van der Waals surface area contributed by atoms with Crippen LogP contribution < -0.4 is 0 Å². The Labute approximate surface area is 369 Å². The first-order chi connectivity index (χ1) is 30.2. The van der Waals surface area contributed by atoms with E-state index in [-0.39, 0.29) is 22.7 Å². The van der Waals surface area contributed by atoms with Crippen LogP contribution in [0.25, 0.3) is 0 Å². The summed E-state index contributed by atoms with van der Waals surface area (Å²) >= 11 is 3.45. The highest BCUT2D eigenvalue weighted by molar-refractivity contribution is 8.01. The summed E-state index contributed by atoms with van der Waals surface area (Å²) in [6.45, 7) is 3.65. The van der Waals surface area contributed by atoms with Crippen molar-refractivity contribution in [1.82, 2.24) is 0 Å². The molecular weight excluding hydrogens is 801 g/mol. The van der Waals surface area contributed by atoms with Crippen molar-refractivity contribution >= 4 is 23.5 Å². The van der Waals surface area contributed by atoms with Crippen LogP contribution in [0.1, 0.15) is 33.4 Å². The second kappa shape index (κ2) is 23.3. The van der Waals surface area contributed by atoms with Crippen LogP contribution in [0, 0.1) is 0 Å². The van der Waals surface area contributed by atoms with Gasteiger partial charge < -0.3 is 33.2 Å². The molecule has 6 aromatic carbocycles. The van der Waals surface area contributed by atoms with Gasteiger partial charge in [-0.15, -0.1) is 23.5 Å². The first-order valence-electron chi connectivity index (χ1n) is 21.1. The number of thioether (sulfide) groups is 2. The van der Waals surface area contributed by atoms with Crippen molar-refractivity contribution in [3.8, 4) is 0 Å². The van der Waals surface area contributed by atoms with Crippen molar-refractivity contribution in [2.45, 2.75) is 85.4 Å². The van der Waals surface area contributed by atoms with E-state index in [1.807, 2.05) is 109 Å². The number of benzene rings is 6. The zero-order chi connectivity index (χ0) is 41.3. The van der Waals surface area contributed by atoms with Crippen molar-refractivity contribution in [2.75, 3.05) is 13.2 Å². The van der Waals surface area contributed by atoms with E-state index in [1.165, 1.54) is 0 Å². The predicted octanol–water partition coefficient (Wildman–Crippen LogP) is 10.7. The van der Waals surface area contributed by atoms with Crippen molar-refractivity contribution in [3.63, 3.8) is 0 Å². The summed E-state index contributed by atoms with van der Waals surface area (Å²) in [6.07, 6.45) is -1.46. The van der Waals surface area contributed by atoms with E-state index in [0.29, 0.717) is 52.9 Å².